The summed E-state index contributed by atoms with van der Waals surface area (Å²) in [5.41, 5.74) is 6.21. The highest BCUT2D eigenvalue weighted by molar-refractivity contribution is 5.81. The maximum absolute atomic E-state index is 10.8. The molecule has 0 radical (unpaired) electrons. The number of hydrogen-bond acceptors (Lipinski definition) is 2. The molecule has 58 valence electrons. The van der Waals surface area contributed by atoms with E-state index in [9.17, 15) is 4.79 Å². The minimum absolute atomic E-state index is 0.136. The second kappa shape index (κ2) is 4.06. The van der Waals surface area contributed by atoms with Crippen LogP contribution >= 0.6 is 0 Å². The highest BCUT2D eigenvalue weighted by Crippen LogP contribution is 1.82. The van der Waals surface area contributed by atoms with E-state index in [1.54, 1.807) is 6.92 Å². The molecule has 0 fully saturated rings. The standard InChI is InChI=1S/C7H14N2O/c1-5(2)4-9-7(10)6(3)8/h6H,1,4,8H2,2-3H3,(H,9,10). The van der Waals surface area contributed by atoms with Crippen LogP contribution in [0.4, 0.5) is 0 Å². The van der Waals surface area contributed by atoms with E-state index in [4.69, 9.17) is 5.73 Å². The zero-order chi connectivity index (χ0) is 8.15. The Hall–Kier alpha value is -0.830. The van der Waals surface area contributed by atoms with E-state index in [0.717, 1.165) is 5.57 Å². The molecule has 10 heavy (non-hydrogen) atoms. The minimum Gasteiger partial charge on any atom is -0.351 e. The lowest BCUT2D eigenvalue weighted by Gasteiger charge is -2.06. The van der Waals surface area contributed by atoms with Gasteiger partial charge >= 0.3 is 0 Å². The van der Waals surface area contributed by atoms with Crippen molar-refractivity contribution in [3.8, 4) is 0 Å². The van der Waals surface area contributed by atoms with Crippen LogP contribution in [0.1, 0.15) is 13.8 Å². The Morgan fingerprint density at radius 1 is 1.80 bits per heavy atom. The number of hydrogen-bond donors (Lipinski definition) is 2. The van der Waals surface area contributed by atoms with Crippen molar-refractivity contribution in [2.45, 2.75) is 19.9 Å². The predicted octanol–water partition coefficient (Wildman–Crippen LogP) is 0.0259. The summed E-state index contributed by atoms with van der Waals surface area (Å²) in [5, 5.41) is 2.62. The van der Waals surface area contributed by atoms with Crippen LogP contribution < -0.4 is 11.1 Å². The van der Waals surface area contributed by atoms with Crippen molar-refractivity contribution in [2.24, 2.45) is 5.73 Å². The maximum atomic E-state index is 10.8. The van der Waals surface area contributed by atoms with Crippen LogP contribution in [0.3, 0.4) is 0 Å². The van der Waals surface area contributed by atoms with Crippen LogP contribution in [-0.4, -0.2) is 18.5 Å². The van der Waals surface area contributed by atoms with Crippen molar-refractivity contribution < 1.29 is 4.79 Å². The quantitative estimate of drug-likeness (QED) is 0.546. The summed E-state index contributed by atoms with van der Waals surface area (Å²) in [5.74, 6) is -0.136. The van der Waals surface area contributed by atoms with Gasteiger partial charge in [0, 0.05) is 6.54 Å². The molecule has 0 saturated heterocycles. The normalized spacial score (nSPS) is 12.3. The van der Waals surface area contributed by atoms with Crippen molar-refractivity contribution in [3.05, 3.63) is 12.2 Å². The van der Waals surface area contributed by atoms with Gasteiger partial charge in [0.2, 0.25) is 5.91 Å². The first kappa shape index (κ1) is 9.17. The first-order valence-corrected chi connectivity index (χ1v) is 3.21. The number of rotatable bonds is 3. The number of carbonyl (C=O) groups excluding carboxylic acids is 1. The van der Waals surface area contributed by atoms with Gasteiger partial charge in [0.05, 0.1) is 6.04 Å². The Bertz CT molecular complexity index is 141. The average molecular weight is 142 g/mol. The van der Waals surface area contributed by atoms with Gasteiger partial charge in [-0.15, -0.1) is 0 Å². The molecule has 0 aliphatic heterocycles. The minimum atomic E-state index is -0.431. The third kappa shape index (κ3) is 4.09. The van der Waals surface area contributed by atoms with Gasteiger partial charge < -0.3 is 11.1 Å². The molecule has 0 aromatic heterocycles. The van der Waals surface area contributed by atoms with Crippen LogP contribution in [0.15, 0.2) is 12.2 Å². The van der Waals surface area contributed by atoms with Gasteiger partial charge in [-0.2, -0.15) is 0 Å². The van der Waals surface area contributed by atoms with Crippen molar-refractivity contribution in [2.75, 3.05) is 6.54 Å². The lowest BCUT2D eigenvalue weighted by Crippen LogP contribution is -2.38. The molecule has 3 heteroatoms. The van der Waals surface area contributed by atoms with Gasteiger partial charge in [0.25, 0.3) is 0 Å². The van der Waals surface area contributed by atoms with Crippen molar-refractivity contribution >= 4 is 5.91 Å². The topological polar surface area (TPSA) is 55.1 Å². The van der Waals surface area contributed by atoms with Crippen molar-refractivity contribution in [1.82, 2.24) is 5.32 Å². The Labute approximate surface area is 61.3 Å². The van der Waals surface area contributed by atoms with E-state index in [-0.39, 0.29) is 5.91 Å². The van der Waals surface area contributed by atoms with Gasteiger partial charge in [0.15, 0.2) is 0 Å². The number of amides is 1. The lowest BCUT2D eigenvalue weighted by molar-refractivity contribution is -0.121. The molecule has 0 aliphatic rings. The summed E-state index contributed by atoms with van der Waals surface area (Å²) in [6.07, 6.45) is 0. The smallest absolute Gasteiger partial charge is 0.236 e. The molecule has 0 saturated carbocycles. The SMILES string of the molecule is C=C(C)CNC(=O)C(C)N. The summed E-state index contributed by atoms with van der Waals surface area (Å²) >= 11 is 0. The summed E-state index contributed by atoms with van der Waals surface area (Å²) in [6, 6.07) is -0.431. The summed E-state index contributed by atoms with van der Waals surface area (Å²) in [6.45, 7) is 7.64. The van der Waals surface area contributed by atoms with Crippen LogP contribution in [0.5, 0.6) is 0 Å². The monoisotopic (exact) mass is 142 g/mol. The molecule has 3 nitrogen and oxygen atoms in total. The molecule has 0 rings (SSSR count). The first-order valence-electron chi connectivity index (χ1n) is 3.21. The third-order valence-corrected chi connectivity index (χ3v) is 0.978. The van der Waals surface area contributed by atoms with E-state index < -0.39 is 6.04 Å². The average Bonchev–Trinajstić information content (AvgIpc) is 1.82. The van der Waals surface area contributed by atoms with Crippen LogP contribution in [0.25, 0.3) is 0 Å². The number of carbonyl (C=O) groups is 1. The van der Waals surface area contributed by atoms with Crippen LogP contribution in [0.2, 0.25) is 0 Å². The van der Waals surface area contributed by atoms with Crippen LogP contribution in [-0.2, 0) is 4.79 Å². The van der Waals surface area contributed by atoms with E-state index in [2.05, 4.69) is 11.9 Å². The Balaban J connectivity index is 3.50. The largest absolute Gasteiger partial charge is 0.351 e. The maximum Gasteiger partial charge on any atom is 0.236 e. The summed E-state index contributed by atoms with van der Waals surface area (Å²) in [4.78, 5) is 10.8. The molecular formula is C7H14N2O. The molecule has 1 amide bonds. The van der Waals surface area contributed by atoms with Gasteiger partial charge in [-0.3, -0.25) is 4.79 Å². The fourth-order valence-corrected chi connectivity index (χ4v) is 0.399. The van der Waals surface area contributed by atoms with Crippen molar-refractivity contribution in [1.29, 1.82) is 0 Å². The fourth-order valence-electron chi connectivity index (χ4n) is 0.399. The Morgan fingerprint density at radius 3 is 2.60 bits per heavy atom. The van der Waals surface area contributed by atoms with Crippen molar-refractivity contribution in [3.63, 3.8) is 0 Å². The molecule has 1 atom stereocenters. The Morgan fingerprint density at radius 2 is 2.30 bits per heavy atom. The summed E-state index contributed by atoms with van der Waals surface area (Å²) in [7, 11) is 0. The lowest BCUT2D eigenvalue weighted by atomic mass is 10.3. The molecule has 1 unspecified atom stereocenters. The number of nitrogens with two attached hydrogens (primary N) is 1. The van der Waals surface area contributed by atoms with E-state index in [0.29, 0.717) is 6.54 Å². The molecule has 0 heterocycles. The Kier molecular flexibility index (Phi) is 3.72. The van der Waals surface area contributed by atoms with E-state index >= 15 is 0 Å². The molecule has 0 aliphatic carbocycles. The molecular weight excluding hydrogens is 128 g/mol. The molecule has 0 aromatic carbocycles. The zero-order valence-corrected chi connectivity index (χ0v) is 6.48. The molecule has 0 aromatic rings. The van der Waals surface area contributed by atoms with E-state index in [1.807, 2.05) is 6.92 Å². The predicted molar refractivity (Wildman–Crippen MR) is 41.5 cm³/mol. The second-order valence-electron chi connectivity index (χ2n) is 2.46. The van der Waals surface area contributed by atoms with Crippen LogP contribution in [0, 0.1) is 0 Å². The van der Waals surface area contributed by atoms with Gasteiger partial charge in [0.1, 0.15) is 0 Å². The molecule has 0 bridgehead atoms. The zero-order valence-electron chi connectivity index (χ0n) is 6.48. The second-order valence-corrected chi connectivity index (χ2v) is 2.46. The first-order chi connectivity index (χ1) is 4.54. The third-order valence-electron chi connectivity index (χ3n) is 0.978. The van der Waals surface area contributed by atoms with Gasteiger partial charge in [-0.1, -0.05) is 12.2 Å². The fraction of sp³-hybridized carbons (Fsp3) is 0.571. The van der Waals surface area contributed by atoms with E-state index in [1.165, 1.54) is 0 Å². The van der Waals surface area contributed by atoms with Gasteiger partial charge in [-0.25, -0.2) is 0 Å². The molecule has 3 N–H and O–H groups in total. The number of nitrogens with one attached hydrogen (secondary N) is 1. The highest BCUT2D eigenvalue weighted by atomic mass is 16.2. The highest BCUT2D eigenvalue weighted by Gasteiger charge is 2.04. The summed E-state index contributed by atoms with van der Waals surface area (Å²) < 4.78 is 0. The van der Waals surface area contributed by atoms with Gasteiger partial charge in [-0.05, 0) is 13.8 Å². The molecule has 0 spiro atoms.